The minimum Gasteiger partial charge on any atom is -0.508 e. The Morgan fingerprint density at radius 3 is 2.71 bits per heavy atom. The van der Waals surface area contributed by atoms with Crippen molar-refractivity contribution in [2.24, 2.45) is 0 Å². The van der Waals surface area contributed by atoms with Gasteiger partial charge in [0.05, 0.1) is 5.56 Å². The van der Waals surface area contributed by atoms with E-state index in [2.05, 4.69) is 4.98 Å². The predicted molar refractivity (Wildman–Crippen MR) is 88.8 cm³/mol. The molecule has 1 atom stereocenters. The van der Waals surface area contributed by atoms with E-state index in [9.17, 15) is 5.11 Å². The molecule has 1 aliphatic rings. The fourth-order valence-electron chi connectivity index (χ4n) is 2.93. The Balaban J connectivity index is 2.02. The van der Waals surface area contributed by atoms with Gasteiger partial charge in [-0.1, -0.05) is 29.8 Å². The highest BCUT2D eigenvalue weighted by molar-refractivity contribution is 6.30. The Hall–Kier alpha value is -2.99. The highest BCUT2D eigenvalue weighted by Gasteiger charge is 2.32. The van der Waals surface area contributed by atoms with Gasteiger partial charge in [0.15, 0.2) is 5.49 Å². The maximum Gasteiger partial charge on any atom is 0.228 e. The van der Waals surface area contributed by atoms with Crippen molar-refractivity contribution < 1.29 is 9.84 Å². The van der Waals surface area contributed by atoms with Crippen LogP contribution in [0, 0.1) is 5.41 Å². The van der Waals surface area contributed by atoms with Gasteiger partial charge < -0.3 is 15.7 Å². The van der Waals surface area contributed by atoms with Crippen molar-refractivity contribution in [1.29, 1.82) is 5.41 Å². The van der Waals surface area contributed by atoms with E-state index in [-0.39, 0.29) is 17.2 Å². The number of ether oxygens (including phenoxy) is 1. The van der Waals surface area contributed by atoms with Crippen molar-refractivity contribution in [3.05, 3.63) is 76.0 Å². The number of rotatable bonds is 1. The molecular weight excluding hydrogens is 328 g/mol. The van der Waals surface area contributed by atoms with Crippen LogP contribution in [0.25, 0.3) is 0 Å². The summed E-state index contributed by atoms with van der Waals surface area (Å²) >= 11 is 6.00. The molecule has 0 bridgehead atoms. The first-order valence-corrected chi connectivity index (χ1v) is 7.60. The molecule has 3 aromatic rings. The lowest BCUT2D eigenvalue weighted by Gasteiger charge is -2.28. The van der Waals surface area contributed by atoms with E-state index in [0.29, 0.717) is 22.2 Å². The Morgan fingerprint density at radius 2 is 1.96 bits per heavy atom. The minimum atomic E-state index is -0.294. The van der Waals surface area contributed by atoms with E-state index in [0.717, 1.165) is 15.8 Å². The number of halogens is 1. The van der Waals surface area contributed by atoms with Gasteiger partial charge in [0.25, 0.3) is 0 Å². The number of nitrogens with one attached hydrogen (secondary N) is 1. The Labute approximate surface area is 142 Å². The molecule has 120 valence electrons. The normalized spacial score (nSPS) is 15.3. The number of fused-ring (bicyclic) bond motifs is 2. The van der Waals surface area contributed by atoms with Crippen molar-refractivity contribution in [2.45, 2.75) is 5.92 Å². The van der Waals surface area contributed by atoms with Crippen LogP contribution in [0.3, 0.4) is 0 Å². The molecule has 1 aliphatic heterocycles. The van der Waals surface area contributed by atoms with Gasteiger partial charge in [0.2, 0.25) is 5.88 Å². The standard InChI is InChI=1S/C17H13ClN4O2/c18-10-3-1-9(2-4-10)14-12-6-5-11(23)7-13(12)24-17-15(14)16(19)22(20)8-21-17/h1-8,14,19,23H,20H2. The van der Waals surface area contributed by atoms with Crippen molar-refractivity contribution in [2.75, 3.05) is 5.84 Å². The van der Waals surface area contributed by atoms with Crippen LogP contribution in [0.15, 0.2) is 48.8 Å². The molecule has 2 aromatic carbocycles. The first-order valence-electron chi connectivity index (χ1n) is 7.22. The van der Waals surface area contributed by atoms with Gasteiger partial charge in [-0.2, -0.15) is 0 Å². The smallest absolute Gasteiger partial charge is 0.228 e. The zero-order chi connectivity index (χ0) is 16.8. The molecule has 1 aromatic heterocycles. The summed E-state index contributed by atoms with van der Waals surface area (Å²) in [5.74, 6) is 6.42. The molecule has 2 heterocycles. The molecular formula is C17H13ClN4O2. The minimum absolute atomic E-state index is 0.1000. The fourth-order valence-corrected chi connectivity index (χ4v) is 3.06. The third-order valence-corrected chi connectivity index (χ3v) is 4.30. The quantitative estimate of drug-likeness (QED) is 0.464. The van der Waals surface area contributed by atoms with Crippen molar-refractivity contribution >= 4 is 11.6 Å². The van der Waals surface area contributed by atoms with E-state index in [4.69, 9.17) is 27.6 Å². The highest BCUT2D eigenvalue weighted by Crippen LogP contribution is 2.45. The maximum absolute atomic E-state index is 9.75. The van der Waals surface area contributed by atoms with Crippen LogP contribution < -0.4 is 16.1 Å². The van der Waals surface area contributed by atoms with Crippen LogP contribution in [-0.2, 0) is 0 Å². The zero-order valence-corrected chi connectivity index (χ0v) is 13.2. The summed E-state index contributed by atoms with van der Waals surface area (Å²) < 4.78 is 6.93. The van der Waals surface area contributed by atoms with Gasteiger partial charge in [-0.3, -0.25) is 5.41 Å². The molecule has 0 spiro atoms. The maximum atomic E-state index is 9.75. The summed E-state index contributed by atoms with van der Waals surface area (Å²) in [6.45, 7) is 0. The van der Waals surface area contributed by atoms with E-state index in [1.165, 1.54) is 12.4 Å². The topological polar surface area (TPSA) is 97.2 Å². The van der Waals surface area contributed by atoms with E-state index >= 15 is 0 Å². The molecule has 0 fully saturated rings. The highest BCUT2D eigenvalue weighted by atomic mass is 35.5. The number of nitrogen functional groups attached to an aromatic ring is 1. The van der Waals surface area contributed by atoms with Gasteiger partial charge in [-0.05, 0) is 23.8 Å². The molecule has 6 nitrogen and oxygen atoms in total. The Kier molecular flexibility index (Phi) is 3.21. The molecule has 4 rings (SSSR count). The van der Waals surface area contributed by atoms with Gasteiger partial charge >= 0.3 is 0 Å². The second-order valence-electron chi connectivity index (χ2n) is 5.53. The first-order chi connectivity index (χ1) is 11.5. The van der Waals surface area contributed by atoms with Crippen LogP contribution >= 0.6 is 11.6 Å². The molecule has 0 saturated carbocycles. The average Bonchev–Trinajstić information content (AvgIpc) is 2.57. The van der Waals surface area contributed by atoms with E-state index in [1.54, 1.807) is 24.3 Å². The van der Waals surface area contributed by atoms with Gasteiger partial charge in [-0.15, -0.1) is 0 Å². The number of hydrogen-bond donors (Lipinski definition) is 3. The summed E-state index contributed by atoms with van der Waals surface area (Å²) in [7, 11) is 0. The van der Waals surface area contributed by atoms with Crippen LogP contribution in [0.2, 0.25) is 5.02 Å². The lowest BCUT2D eigenvalue weighted by molar-refractivity contribution is 0.417. The first kappa shape index (κ1) is 14.6. The summed E-state index contributed by atoms with van der Waals surface area (Å²) in [5, 5.41) is 18.7. The fraction of sp³-hybridized carbons (Fsp3) is 0.0588. The van der Waals surface area contributed by atoms with Crippen LogP contribution in [0.5, 0.6) is 17.4 Å². The van der Waals surface area contributed by atoms with Crippen LogP contribution in [-0.4, -0.2) is 14.8 Å². The lowest BCUT2D eigenvalue weighted by Crippen LogP contribution is -2.33. The Morgan fingerprint density at radius 1 is 1.21 bits per heavy atom. The molecule has 24 heavy (non-hydrogen) atoms. The van der Waals surface area contributed by atoms with Crippen molar-refractivity contribution in [3.8, 4) is 17.4 Å². The number of phenols is 1. The molecule has 0 amide bonds. The second-order valence-corrected chi connectivity index (χ2v) is 5.96. The summed E-state index contributed by atoms with van der Waals surface area (Å²) in [6, 6.07) is 12.3. The molecule has 4 N–H and O–H groups in total. The summed E-state index contributed by atoms with van der Waals surface area (Å²) in [5.41, 5.74) is 2.43. The molecule has 1 unspecified atom stereocenters. The molecule has 0 aliphatic carbocycles. The van der Waals surface area contributed by atoms with Crippen LogP contribution in [0.4, 0.5) is 0 Å². The van der Waals surface area contributed by atoms with Gasteiger partial charge in [0.1, 0.15) is 17.8 Å². The van der Waals surface area contributed by atoms with Crippen molar-refractivity contribution in [3.63, 3.8) is 0 Å². The number of phenolic OH excluding ortho intramolecular Hbond substituents is 1. The second kappa shape index (κ2) is 5.28. The third kappa shape index (κ3) is 2.19. The predicted octanol–water partition coefficient (Wildman–Crippen LogP) is 2.72. The van der Waals surface area contributed by atoms with Crippen LogP contribution in [0.1, 0.15) is 22.6 Å². The zero-order valence-electron chi connectivity index (χ0n) is 12.4. The third-order valence-electron chi connectivity index (χ3n) is 4.05. The summed E-state index contributed by atoms with van der Waals surface area (Å²) in [6.07, 6.45) is 1.33. The number of aromatic hydroxyl groups is 1. The van der Waals surface area contributed by atoms with E-state index < -0.39 is 0 Å². The average molecular weight is 341 g/mol. The van der Waals surface area contributed by atoms with Gasteiger partial charge in [-0.25, -0.2) is 9.66 Å². The summed E-state index contributed by atoms with van der Waals surface area (Å²) in [4.78, 5) is 4.19. The number of benzene rings is 2. The Bertz CT molecular complexity index is 998. The van der Waals surface area contributed by atoms with Crippen molar-refractivity contribution in [1.82, 2.24) is 9.66 Å². The number of nitrogens with zero attached hydrogens (tertiary/aromatic N) is 2. The lowest BCUT2D eigenvalue weighted by atomic mass is 9.84. The van der Waals surface area contributed by atoms with E-state index in [1.807, 2.05) is 12.1 Å². The molecule has 0 saturated heterocycles. The van der Waals surface area contributed by atoms with Gasteiger partial charge in [0, 0.05) is 22.6 Å². The monoisotopic (exact) mass is 340 g/mol. The number of hydrogen-bond acceptors (Lipinski definition) is 5. The number of aromatic nitrogens is 2. The largest absolute Gasteiger partial charge is 0.508 e. The molecule has 7 heteroatoms. The number of nitrogens with two attached hydrogens (primary N) is 1. The SMILES string of the molecule is N=c1c2c(ncn1N)Oc1cc(O)ccc1C2c1ccc(Cl)cc1. The molecule has 0 radical (unpaired) electrons.